The van der Waals surface area contributed by atoms with Gasteiger partial charge in [-0.2, -0.15) is 0 Å². The Morgan fingerprint density at radius 1 is 1.14 bits per heavy atom. The smallest absolute Gasteiger partial charge is 0.145 e. The maximum atomic E-state index is 5.89. The Morgan fingerprint density at radius 3 is 2.77 bits per heavy atom. The monoisotopic (exact) mass is 294 g/mol. The van der Waals surface area contributed by atoms with E-state index >= 15 is 0 Å². The van der Waals surface area contributed by atoms with Crippen LogP contribution in [0.4, 0.5) is 0 Å². The van der Waals surface area contributed by atoms with Gasteiger partial charge in [-0.3, -0.25) is 4.98 Å². The van der Waals surface area contributed by atoms with E-state index in [1.807, 2.05) is 44.2 Å². The highest BCUT2D eigenvalue weighted by Gasteiger charge is 2.15. The molecular weight excluding hydrogens is 276 g/mol. The number of benzene rings is 1. The third-order valence-corrected chi connectivity index (χ3v) is 3.43. The topological polar surface area (TPSA) is 73.9 Å². The molecule has 22 heavy (non-hydrogen) atoms. The number of rotatable bonds is 4. The third kappa shape index (κ3) is 2.51. The maximum Gasteiger partial charge on any atom is 0.145 e. The number of pyridine rings is 1. The molecule has 0 unspecified atom stereocenters. The second-order valence-electron chi connectivity index (χ2n) is 4.90. The van der Waals surface area contributed by atoms with Gasteiger partial charge in [-0.05, 0) is 32.0 Å². The second-order valence-corrected chi connectivity index (χ2v) is 4.90. The minimum atomic E-state index is 0.355. The van der Waals surface area contributed by atoms with Crippen molar-refractivity contribution in [3.63, 3.8) is 0 Å². The molecular formula is C17H18N4O. The Labute approximate surface area is 129 Å². The zero-order valence-corrected chi connectivity index (χ0v) is 12.7. The SMILES string of the molecule is CCOc1cccnc1-c1cccc2nc(C)nc(CN)c12. The molecule has 0 bridgehead atoms. The summed E-state index contributed by atoms with van der Waals surface area (Å²) in [5.41, 5.74) is 9.32. The molecule has 0 aliphatic heterocycles. The lowest BCUT2D eigenvalue weighted by atomic mass is 10.0. The highest BCUT2D eigenvalue weighted by molar-refractivity contribution is 5.96. The quantitative estimate of drug-likeness (QED) is 0.801. The van der Waals surface area contributed by atoms with E-state index in [2.05, 4.69) is 15.0 Å². The molecule has 5 nitrogen and oxygen atoms in total. The first-order chi connectivity index (χ1) is 10.7. The number of ether oxygens (including phenoxy) is 1. The summed E-state index contributed by atoms with van der Waals surface area (Å²) in [4.78, 5) is 13.5. The predicted molar refractivity (Wildman–Crippen MR) is 86.6 cm³/mol. The summed E-state index contributed by atoms with van der Waals surface area (Å²) < 4.78 is 5.70. The first-order valence-electron chi connectivity index (χ1n) is 7.29. The normalized spacial score (nSPS) is 10.9. The second kappa shape index (κ2) is 6.07. The number of fused-ring (bicyclic) bond motifs is 1. The Balaban J connectivity index is 2.32. The number of nitrogens with zero attached hydrogens (tertiary/aromatic N) is 3. The van der Waals surface area contributed by atoms with Crippen LogP contribution in [0.25, 0.3) is 22.2 Å². The fourth-order valence-corrected chi connectivity index (χ4v) is 2.60. The van der Waals surface area contributed by atoms with Crippen LogP contribution >= 0.6 is 0 Å². The summed E-state index contributed by atoms with van der Waals surface area (Å²) in [5.74, 6) is 1.47. The van der Waals surface area contributed by atoms with Crippen molar-refractivity contribution in [3.05, 3.63) is 48.0 Å². The minimum absolute atomic E-state index is 0.355. The summed E-state index contributed by atoms with van der Waals surface area (Å²) in [7, 11) is 0. The van der Waals surface area contributed by atoms with Crippen LogP contribution in [0.3, 0.4) is 0 Å². The van der Waals surface area contributed by atoms with Gasteiger partial charge in [-0.25, -0.2) is 9.97 Å². The Kier molecular flexibility index (Phi) is 3.98. The van der Waals surface area contributed by atoms with Gasteiger partial charge < -0.3 is 10.5 Å². The highest BCUT2D eigenvalue weighted by Crippen LogP contribution is 2.34. The fraction of sp³-hybridized carbons (Fsp3) is 0.235. The molecule has 3 aromatic rings. The molecule has 3 rings (SSSR count). The van der Waals surface area contributed by atoms with Gasteiger partial charge in [-0.1, -0.05) is 12.1 Å². The van der Waals surface area contributed by atoms with Gasteiger partial charge in [0.15, 0.2) is 0 Å². The number of aromatic nitrogens is 3. The van der Waals surface area contributed by atoms with E-state index < -0.39 is 0 Å². The molecule has 0 radical (unpaired) electrons. The molecule has 0 aliphatic carbocycles. The first-order valence-corrected chi connectivity index (χ1v) is 7.29. The van der Waals surface area contributed by atoms with Gasteiger partial charge in [0.05, 0.1) is 17.8 Å². The molecule has 0 saturated heterocycles. The van der Waals surface area contributed by atoms with Crippen LogP contribution in [-0.2, 0) is 6.54 Å². The Morgan fingerprint density at radius 2 is 2.00 bits per heavy atom. The van der Waals surface area contributed by atoms with E-state index in [0.29, 0.717) is 13.2 Å². The summed E-state index contributed by atoms with van der Waals surface area (Å²) in [6.07, 6.45) is 1.76. The largest absolute Gasteiger partial charge is 0.492 e. The molecule has 0 amide bonds. The van der Waals surface area contributed by atoms with Crippen LogP contribution in [-0.4, -0.2) is 21.6 Å². The van der Waals surface area contributed by atoms with Crippen molar-refractivity contribution in [1.29, 1.82) is 0 Å². The van der Waals surface area contributed by atoms with Crippen LogP contribution < -0.4 is 10.5 Å². The average Bonchev–Trinajstić information content (AvgIpc) is 2.54. The van der Waals surface area contributed by atoms with E-state index in [4.69, 9.17) is 10.5 Å². The van der Waals surface area contributed by atoms with Gasteiger partial charge in [0.2, 0.25) is 0 Å². The maximum absolute atomic E-state index is 5.89. The average molecular weight is 294 g/mol. The van der Waals surface area contributed by atoms with E-state index in [1.165, 1.54) is 0 Å². The molecule has 0 aliphatic rings. The minimum Gasteiger partial charge on any atom is -0.492 e. The highest BCUT2D eigenvalue weighted by atomic mass is 16.5. The summed E-state index contributed by atoms with van der Waals surface area (Å²) in [5, 5.41) is 0.940. The van der Waals surface area contributed by atoms with Crippen LogP contribution in [0.5, 0.6) is 5.75 Å². The predicted octanol–water partition coefficient (Wildman–Crippen LogP) is 2.86. The molecule has 2 aromatic heterocycles. The lowest BCUT2D eigenvalue weighted by Gasteiger charge is -2.13. The van der Waals surface area contributed by atoms with Crippen LogP contribution in [0.1, 0.15) is 18.4 Å². The summed E-state index contributed by atoms with van der Waals surface area (Å²) >= 11 is 0. The molecule has 0 fully saturated rings. The standard InChI is InChI=1S/C17H18N4O/c1-3-22-15-8-5-9-19-17(15)12-6-4-7-13-16(12)14(10-18)21-11(2)20-13/h4-9H,3,10,18H2,1-2H3. The van der Waals surface area contributed by atoms with E-state index in [0.717, 1.165) is 39.4 Å². The van der Waals surface area contributed by atoms with Crippen molar-refractivity contribution in [3.8, 4) is 17.0 Å². The Bertz CT molecular complexity index is 817. The molecule has 2 N–H and O–H groups in total. The van der Waals surface area contributed by atoms with Gasteiger partial charge in [0.1, 0.15) is 17.3 Å². The van der Waals surface area contributed by atoms with Crippen LogP contribution in [0, 0.1) is 6.92 Å². The van der Waals surface area contributed by atoms with Crippen molar-refractivity contribution < 1.29 is 4.74 Å². The molecule has 5 heteroatoms. The van der Waals surface area contributed by atoms with E-state index in [-0.39, 0.29) is 0 Å². The first kappa shape index (κ1) is 14.4. The van der Waals surface area contributed by atoms with E-state index in [9.17, 15) is 0 Å². The van der Waals surface area contributed by atoms with Gasteiger partial charge in [0, 0.05) is 23.7 Å². The molecule has 0 saturated carbocycles. The van der Waals surface area contributed by atoms with Gasteiger partial charge in [-0.15, -0.1) is 0 Å². The fourth-order valence-electron chi connectivity index (χ4n) is 2.60. The van der Waals surface area contributed by atoms with Crippen LogP contribution in [0.2, 0.25) is 0 Å². The number of hydrogen-bond acceptors (Lipinski definition) is 5. The number of hydrogen-bond donors (Lipinski definition) is 1. The number of aryl methyl sites for hydroxylation is 1. The van der Waals surface area contributed by atoms with Crippen molar-refractivity contribution in [1.82, 2.24) is 15.0 Å². The van der Waals surface area contributed by atoms with E-state index in [1.54, 1.807) is 6.20 Å². The lowest BCUT2D eigenvalue weighted by molar-refractivity contribution is 0.340. The zero-order valence-electron chi connectivity index (χ0n) is 12.7. The molecule has 0 spiro atoms. The van der Waals surface area contributed by atoms with Gasteiger partial charge in [0.25, 0.3) is 0 Å². The van der Waals surface area contributed by atoms with Crippen molar-refractivity contribution in [2.24, 2.45) is 5.73 Å². The summed E-state index contributed by atoms with van der Waals surface area (Å²) in [6, 6.07) is 9.72. The molecule has 0 atom stereocenters. The van der Waals surface area contributed by atoms with Crippen molar-refractivity contribution >= 4 is 10.9 Å². The zero-order chi connectivity index (χ0) is 15.5. The lowest BCUT2D eigenvalue weighted by Crippen LogP contribution is -2.05. The number of nitrogens with two attached hydrogens (primary N) is 1. The molecule has 2 heterocycles. The third-order valence-electron chi connectivity index (χ3n) is 3.43. The Hall–Kier alpha value is -2.53. The van der Waals surface area contributed by atoms with Crippen molar-refractivity contribution in [2.45, 2.75) is 20.4 Å². The van der Waals surface area contributed by atoms with Crippen LogP contribution in [0.15, 0.2) is 36.5 Å². The summed E-state index contributed by atoms with van der Waals surface area (Å²) in [6.45, 7) is 4.77. The van der Waals surface area contributed by atoms with Crippen molar-refractivity contribution in [2.75, 3.05) is 6.61 Å². The molecule has 112 valence electrons. The van der Waals surface area contributed by atoms with Gasteiger partial charge >= 0.3 is 0 Å². The molecule has 1 aromatic carbocycles.